The highest BCUT2D eigenvalue weighted by Gasteiger charge is 2.66. The van der Waals surface area contributed by atoms with E-state index in [1.54, 1.807) is 0 Å². The first kappa shape index (κ1) is 27.4. The summed E-state index contributed by atoms with van der Waals surface area (Å²) in [6.07, 6.45) is -1.06. The van der Waals surface area contributed by atoms with Crippen molar-refractivity contribution >= 4 is 11.8 Å². The van der Waals surface area contributed by atoms with Gasteiger partial charge in [-0.05, 0) is 86.9 Å². The van der Waals surface area contributed by atoms with E-state index in [9.17, 15) is 40.2 Å². The van der Waals surface area contributed by atoms with E-state index in [0.29, 0.717) is 30.6 Å². The average molecular weight is 527 g/mol. The molecule has 5 rings (SSSR count). The van der Waals surface area contributed by atoms with Gasteiger partial charge in [0, 0.05) is 5.41 Å². The predicted molar refractivity (Wildman–Crippen MR) is 128 cm³/mol. The molecule has 1 saturated heterocycles. The minimum absolute atomic E-state index is 0.0666. The first-order valence-electron chi connectivity index (χ1n) is 13.8. The summed E-state index contributed by atoms with van der Waals surface area (Å²) < 4.78 is 11.4. The number of fused-ring (bicyclic) bond motifs is 5. The molecule has 1 aliphatic heterocycles. The van der Waals surface area contributed by atoms with Gasteiger partial charge in [0.1, 0.15) is 30.5 Å². The van der Waals surface area contributed by atoms with Crippen LogP contribution in [0.15, 0.2) is 0 Å². The Labute approximate surface area is 217 Å². The maximum Gasteiger partial charge on any atom is 0.335 e. The van der Waals surface area contributed by atoms with Gasteiger partial charge in [-0.2, -0.15) is 0 Å². The molecule has 4 aliphatic carbocycles. The molecule has 5 aliphatic rings. The van der Waals surface area contributed by atoms with Crippen LogP contribution in [-0.2, 0) is 19.1 Å². The number of carbonyl (C=O) groups is 2. The van der Waals surface area contributed by atoms with Crippen LogP contribution in [-0.4, -0.2) is 91.4 Å². The van der Waals surface area contributed by atoms with Gasteiger partial charge in [-0.1, -0.05) is 13.8 Å². The van der Waals surface area contributed by atoms with Crippen LogP contribution in [0.5, 0.6) is 0 Å². The van der Waals surface area contributed by atoms with Gasteiger partial charge in [-0.15, -0.1) is 0 Å². The zero-order valence-corrected chi connectivity index (χ0v) is 21.7. The number of carboxylic acid groups (broad SMARTS) is 1. The number of ketones is 1. The van der Waals surface area contributed by atoms with Gasteiger partial charge in [-0.25, -0.2) is 4.79 Å². The summed E-state index contributed by atoms with van der Waals surface area (Å²) in [5.41, 5.74) is -1.90. The third-order valence-corrected chi connectivity index (χ3v) is 11.5. The summed E-state index contributed by atoms with van der Waals surface area (Å²) in [6.45, 7) is 3.76. The number of rotatable bonds is 5. The Hall–Kier alpha value is -1.14. The molecule has 0 spiro atoms. The Balaban J connectivity index is 1.27. The summed E-state index contributed by atoms with van der Waals surface area (Å²) in [7, 11) is 0. The average Bonchev–Trinajstić information content (AvgIpc) is 3.15. The van der Waals surface area contributed by atoms with Gasteiger partial charge in [0.05, 0.1) is 6.10 Å². The Kier molecular flexibility index (Phi) is 7.04. The van der Waals surface area contributed by atoms with Crippen molar-refractivity contribution in [2.24, 2.45) is 34.5 Å². The minimum atomic E-state index is -1.74. The third-order valence-electron chi connectivity index (χ3n) is 11.5. The van der Waals surface area contributed by atoms with E-state index in [-0.39, 0.29) is 17.4 Å². The van der Waals surface area contributed by atoms with E-state index in [1.165, 1.54) is 0 Å². The lowest BCUT2D eigenvalue weighted by Crippen LogP contribution is -2.61. The van der Waals surface area contributed by atoms with E-state index >= 15 is 0 Å². The number of aliphatic carboxylic acids is 1. The monoisotopic (exact) mass is 526 g/mol. The van der Waals surface area contributed by atoms with Gasteiger partial charge >= 0.3 is 5.97 Å². The lowest BCUT2D eigenvalue weighted by atomic mass is 9.44. The molecule has 10 nitrogen and oxygen atoms in total. The van der Waals surface area contributed by atoms with Crippen molar-refractivity contribution in [2.75, 3.05) is 6.61 Å². The number of carbonyl (C=O) groups excluding carboxylic acids is 1. The maximum atomic E-state index is 12.6. The largest absolute Gasteiger partial charge is 0.479 e. The maximum absolute atomic E-state index is 12.6. The number of ether oxygens (including phenoxy) is 2. The highest BCUT2D eigenvalue weighted by Crippen LogP contribution is 2.68. The number of hydrogen-bond donors (Lipinski definition) is 6. The molecule has 0 aromatic rings. The smallest absolute Gasteiger partial charge is 0.335 e. The van der Waals surface area contributed by atoms with Gasteiger partial charge in [0.25, 0.3) is 0 Å². The van der Waals surface area contributed by atoms with Crippen LogP contribution in [0, 0.1) is 34.5 Å². The molecule has 4 saturated carbocycles. The van der Waals surface area contributed by atoms with E-state index in [0.717, 1.165) is 44.9 Å². The van der Waals surface area contributed by atoms with Crippen molar-refractivity contribution in [2.45, 2.75) is 114 Å². The van der Waals surface area contributed by atoms with Crippen molar-refractivity contribution in [3.63, 3.8) is 0 Å². The molecule has 0 amide bonds. The molecule has 0 radical (unpaired) electrons. The molecule has 10 heteroatoms. The lowest BCUT2D eigenvalue weighted by molar-refractivity contribution is -0.309. The predicted octanol–water partition coefficient (Wildman–Crippen LogP) is 0.599. The van der Waals surface area contributed by atoms with Gasteiger partial charge in [0.2, 0.25) is 0 Å². The van der Waals surface area contributed by atoms with Crippen molar-refractivity contribution in [1.82, 2.24) is 0 Å². The number of aliphatic hydroxyl groups is 5. The fourth-order valence-corrected chi connectivity index (χ4v) is 9.30. The van der Waals surface area contributed by atoms with Crippen LogP contribution >= 0.6 is 0 Å². The van der Waals surface area contributed by atoms with Crippen molar-refractivity contribution < 1.29 is 49.7 Å². The van der Waals surface area contributed by atoms with Crippen molar-refractivity contribution in [1.29, 1.82) is 0 Å². The van der Waals surface area contributed by atoms with Gasteiger partial charge < -0.3 is 40.1 Å². The molecule has 5 fully saturated rings. The highest BCUT2D eigenvalue weighted by molar-refractivity contribution is 5.89. The molecular weight excluding hydrogens is 484 g/mol. The highest BCUT2D eigenvalue weighted by atomic mass is 16.7. The van der Waals surface area contributed by atoms with Crippen LogP contribution in [0.3, 0.4) is 0 Å². The Morgan fingerprint density at radius 2 is 1.62 bits per heavy atom. The summed E-state index contributed by atoms with van der Waals surface area (Å²) in [4.78, 5) is 24.0. The summed E-state index contributed by atoms with van der Waals surface area (Å²) in [5, 5.41) is 60.7. The fraction of sp³-hybridized carbons (Fsp3) is 0.926. The number of carboxylic acids is 1. The first-order chi connectivity index (χ1) is 17.4. The molecule has 13 atom stereocenters. The molecule has 1 heterocycles. The second-order valence-electron chi connectivity index (χ2n) is 12.9. The Morgan fingerprint density at radius 3 is 2.30 bits per heavy atom. The van der Waals surface area contributed by atoms with Crippen LogP contribution in [0.25, 0.3) is 0 Å². The van der Waals surface area contributed by atoms with Crippen LogP contribution in [0.4, 0.5) is 0 Å². The number of aliphatic hydroxyl groups excluding tert-OH is 4. The van der Waals surface area contributed by atoms with Crippen LogP contribution in [0.1, 0.15) is 71.6 Å². The molecule has 210 valence electrons. The number of hydrogen-bond acceptors (Lipinski definition) is 9. The Morgan fingerprint density at radius 1 is 0.919 bits per heavy atom. The molecule has 0 bridgehead atoms. The second kappa shape index (κ2) is 9.50. The van der Waals surface area contributed by atoms with Crippen LogP contribution in [0.2, 0.25) is 0 Å². The summed E-state index contributed by atoms with van der Waals surface area (Å²) in [5.74, 6) is -0.405. The topological polar surface area (TPSA) is 174 Å². The van der Waals surface area contributed by atoms with E-state index in [4.69, 9.17) is 9.47 Å². The molecule has 0 aromatic heterocycles. The summed E-state index contributed by atoms with van der Waals surface area (Å²) in [6, 6.07) is 0. The lowest BCUT2D eigenvalue weighted by Gasteiger charge is -2.61. The van der Waals surface area contributed by atoms with E-state index in [2.05, 4.69) is 6.92 Å². The zero-order valence-electron chi connectivity index (χ0n) is 21.7. The van der Waals surface area contributed by atoms with E-state index < -0.39 is 60.1 Å². The summed E-state index contributed by atoms with van der Waals surface area (Å²) >= 11 is 0. The minimum Gasteiger partial charge on any atom is -0.479 e. The van der Waals surface area contributed by atoms with Gasteiger partial charge in [0.15, 0.2) is 18.2 Å². The normalized spacial score (nSPS) is 53.6. The molecule has 1 unspecified atom stereocenters. The zero-order chi connectivity index (χ0) is 26.9. The molecule has 6 N–H and O–H groups in total. The first-order valence-corrected chi connectivity index (χ1v) is 13.8. The molecule has 0 aromatic carbocycles. The SMILES string of the molecule is C[C@]12CC[C@@H](O[C@@H]3O[C@H](C(=O)O)[C@@H](O)[C@H](O)[C@H]3O)CC1CC[C@@H]1[C@@H]2CC[C@@]2(C)[C@H]1CC[C@]2(O)C(=O)CO. The fourth-order valence-electron chi connectivity index (χ4n) is 9.30. The Bertz CT molecular complexity index is 912. The van der Waals surface area contributed by atoms with Crippen molar-refractivity contribution in [3.05, 3.63) is 0 Å². The second-order valence-corrected chi connectivity index (χ2v) is 12.9. The van der Waals surface area contributed by atoms with Gasteiger partial charge in [-0.3, -0.25) is 4.79 Å². The third kappa shape index (κ3) is 4.01. The molecular formula is C27H42O10. The van der Waals surface area contributed by atoms with E-state index in [1.807, 2.05) is 6.92 Å². The quantitative estimate of drug-likeness (QED) is 0.278. The number of Topliss-reactive ketones (excluding diaryl/α,β-unsaturated/α-hetero) is 1. The molecule has 37 heavy (non-hydrogen) atoms. The van der Waals surface area contributed by atoms with Crippen molar-refractivity contribution in [3.8, 4) is 0 Å². The van der Waals surface area contributed by atoms with Crippen LogP contribution < -0.4 is 0 Å². The standard InChI is InChI=1S/C27H42O10/c1-25-8-5-14(36-24-21(32)19(30)20(31)22(37-24)23(33)34)11-13(25)3-4-15-16(25)6-9-26(2)17(15)7-10-27(26,35)18(29)12-28/h13-17,19-22,24,28,30-32,35H,3-12H2,1-2H3,(H,33,34)/t13?,14-,15-,16+,17+,19+,20+,21-,22+,24-,25+,26+,27+/m1/s1.